The molecule has 0 amide bonds. The molecule has 1 fully saturated rings. The van der Waals surface area contributed by atoms with Crippen molar-refractivity contribution in [3.63, 3.8) is 0 Å². The van der Waals surface area contributed by atoms with Crippen LogP contribution in [0.15, 0.2) is 23.1 Å². The summed E-state index contributed by atoms with van der Waals surface area (Å²) in [5.41, 5.74) is -0.359. The molecule has 1 heterocycles. The quantitative estimate of drug-likeness (QED) is 0.641. The van der Waals surface area contributed by atoms with Gasteiger partial charge in [0.15, 0.2) is 5.75 Å². The summed E-state index contributed by atoms with van der Waals surface area (Å²) in [4.78, 5) is 10.2. The van der Waals surface area contributed by atoms with E-state index in [1.54, 1.807) is 0 Å². The summed E-state index contributed by atoms with van der Waals surface area (Å²) in [5.74, 6) is 0.0348. The number of sulfonamides is 1. The van der Waals surface area contributed by atoms with Gasteiger partial charge in [-0.3, -0.25) is 10.1 Å². The third-order valence-corrected chi connectivity index (χ3v) is 5.18. The van der Waals surface area contributed by atoms with Crippen molar-refractivity contribution in [1.29, 1.82) is 0 Å². The molecule has 1 aliphatic rings. The number of nitro benzene ring substituents is 1. The van der Waals surface area contributed by atoms with Gasteiger partial charge in [0.1, 0.15) is 0 Å². The van der Waals surface area contributed by atoms with Crippen LogP contribution in [0.3, 0.4) is 0 Å². The number of ether oxygens (including phenoxy) is 1. The van der Waals surface area contributed by atoms with Crippen molar-refractivity contribution in [2.45, 2.75) is 17.9 Å². The molecule has 0 spiro atoms. The van der Waals surface area contributed by atoms with Crippen LogP contribution in [0.2, 0.25) is 0 Å². The third kappa shape index (κ3) is 3.67. The van der Waals surface area contributed by atoms with E-state index in [0.717, 1.165) is 6.07 Å². The lowest BCUT2D eigenvalue weighted by Gasteiger charge is -2.30. The summed E-state index contributed by atoms with van der Waals surface area (Å²) >= 11 is 0. The second kappa shape index (κ2) is 7.23. The average molecular weight is 352 g/mol. The van der Waals surface area contributed by atoms with Gasteiger partial charge < -0.3 is 10.1 Å². The van der Waals surface area contributed by atoms with Gasteiger partial charge in [0.25, 0.3) is 0 Å². The number of hydrogen-bond acceptors (Lipinski definition) is 6. The van der Waals surface area contributed by atoms with Crippen molar-refractivity contribution in [2.24, 2.45) is 0 Å². The number of nitrogens with one attached hydrogen (secondary N) is 1. The molecule has 1 unspecified atom stereocenters. The van der Waals surface area contributed by atoms with E-state index in [0.29, 0.717) is 19.6 Å². The van der Waals surface area contributed by atoms with Crippen molar-refractivity contribution in [3.05, 3.63) is 28.3 Å². The molecule has 1 aromatic rings. The second-order valence-electron chi connectivity index (χ2n) is 4.81. The van der Waals surface area contributed by atoms with Crippen LogP contribution in [-0.2, 0) is 10.0 Å². The van der Waals surface area contributed by atoms with Gasteiger partial charge in [-0.1, -0.05) is 0 Å². The number of rotatable bonds is 4. The van der Waals surface area contributed by atoms with Crippen LogP contribution in [0.4, 0.5) is 5.69 Å². The minimum Gasteiger partial charge on any atom is -0.490 e. The first kappa shape index (κ1) is 18.6. The van der Waals surface area contributed by atoms with Gasteiger partial charge in [0, 0.05) is 31.7 Å². The van der Waals surface area contributed by atoms with Gasteiger partial charge in [-0.05, 0) is 19.1 Å². The van der Waals surface area contributed by atoms with E-state index in [2.05, 4.69) is 5.32 Å². The summed E-state index contributed by atoms with van der Waals surface area (Å²) < 4.78 is 31.3. The average Bonchev–Trinajstić information content (AvgIpc) is 2.46. The van der Waals surface area contributed by atoms with E-state index in [9.17, 15) is 18.5 Å². The van der Waals surface area contributed by atoms with Crippen LogP contribution in [0, 0.1) is 10.1 Å². The van der Waals surface area contributed by atoms with Crippen molar-refractivity contribution in [1.82, 2.24) is 9.62 Å². The number of nitrogens with zero attached hydrogens (tertiary/aromatic N) is 2. The second-order valence-corrected chi connectivity index (χ2v) is 6.75. The monoisotopic (exact) mass is 351 g/mol. The molecule has 124 valence electrons. The SMILES string of the molecule is COc1ccc(S(=O)(=O)N2CCNC(C)C2)cc1[N+](=O)[O-].Cl. The smallest absolute Gasteiger partial charge is 0.312 e. The number of piperazine rings is 1. The lowest BCUT2D eigenvalue weighted by Crippen LogP contribution is -2.51. The Labute approximate surface area is 135 Å². The van der Waals surface area contributed by atoms with Crippen molar-refractivity contribution in [2.75, 3.05) is 26.7 Å². The fourth-order valence-corrected chi connectivity index (χ4v) is 3.79. The van der Waals surface area contributed by atoms with Gasteiger partial charge in [-0.25, -0.2) is 8.42 Å². The first-order valence-corrected chi connectivity index (χ1v) is 7.86. The predicted molar refractivity (Wildman–Crippen MR) is 83.1 cm³/mol. The summed E-state index contributed by atoms with van der Waals surface area (Å²) in [6.45, 7) is 3.12. The molecule has 22 heavy (non-hydrogen) atoms. The van der Waals surface area contributed by atoms with Gasteiger partial charge >= 0.3 is 5.69 Å². The molecule has 8 nitrogen and oxygen atoms in total. The highest BCUT2D eigenvalue weighted by Crippen LogP contribution is 2.30. The predicted octanol–water partition coefficient (Wildman–Crippen LogP) is 1.01. The Morgan fingerprint density at radius 1 is 1.45 bits per heavy atom. The topological polar surface area (TPSA) is 102 Å². The fourth-order valence-electron chi connectivity index (χ4n) is 2.24. The molecule has 0 aromatic heterocycles. The van der Waals surface area contributed by atoms with Crippen LogP contribution < -0.4 is 10.1 Å². The molecule has 1 N–H and O–H groups in total. The first-order valence-electron chi connectivity index (χ1n) is 6.42. The highest BCUT2D eigenvalue weighted by atomic mass is 35.5. The fraction of sp³-hybridized carbons (Fsp3) is 0.500. The molecule has 10 heteroatoms. The van der Waals surface area contributed by atoms with Crippen LogP contribution in [-0.4, -0.2) is 50.4 Å². The highest BCUT2D eigenvalue weighted by molar-refractivity contribution is 7.89. The Balaban J connectivity index is 0.00000242. The molecular weight excluding hydrogens is 334 g/mol. The van der Waals surface area contributed by atoms with E-state index in [-0.39, 0.29) is 34.8 Å². The van der Waals surface area contributed by atoms with Crippen LogP contribution >= 0.6 is 12.4 Å². The lowest BCUT2D eigenvalue weighted by molar-refractivity contribution is -0.386. The molecular formula is C12H18ClN3O5S. The van der Waals surface area contributed by atoms with Gasteiger partial charge in [-0.15, -0.1) is 12.4 Å². The minimum absolute atomic E-state index is 0. The van der Waals surface area contributed by atoms with Crippen LogP contribution in [0.25, 0.3) is 0 Å². The molecule has 1 atom stereocenters. The summed E-state index contributed by atoms with van der Waals surface area (Å²) in [6.07, 6.45) is 0. The zero-order valence-electron chi connectivity index (χ0n) is 12.2. The van der Waals surface area contributed by atoms with Crippen LogP contribution in [0.1, 0.15) is 6.92 Å². The molecule has 0 aliphatic carbocycles. The number of hydrogen-bond donors (Lipinski definition) is 1. The van der Waals surface area contributed by atoms with Crippen molar-refractivity contribution >= 4 is 28.1 Å². The number of nitro groups is 1. The standard InChI is InChI=1S/C12H17N3O5S.ClH/c1-9-8-14(6-5-13-9)21(18,19)10-3-4-12(20-2)11(7-10)15(16)17;/h3-4,7,9,13H,5-6,8H2,1-2H3;1H. The van der Waals surface area contributed by atoms with E-state index < -0.39 is 14.9 Å². The largest absolute Gasteiger partial charge is 0.490 e. The Morgan fingerprint density at radius 3 is 2.68 bits per heavy atom. The Morgan fingerprint density at radius 2 is 2.14 bits per heavy atom. The van der Waals surface area contributed by atoms with E-state index in [1.165, 1.54) is 23.5 Å². The molecule has 1 aliphatic heterocycles. The molecule has 1 aromatic carbocycles. The molecule has 2 rings (SSSR count). The third-order valence-electron chi connectivity index (χ3n) is 3.32. The van der Waals surface area contributed by atoms with E-state index in [1.807, 2.05) is 6.92 Å². The zero-order chi connectivity index (χ0) is 15.6. The van der Waals surface area contributed by atoms with Gasteiger partial charge in [0.2, 0.25) is 10.0 Å². The van der Waals surface area contributed by atoms with Gasteiger partial charge in [-0.2, -0.15) is 4.31 Å². The first-order chi connectivity index (χ1) is 9.86. The van der Waals surface area contributed by atoms with Gasteiger partial charge in [0.05, 0.1) is 16.9 Å². The Kier molecular flexibility index (Phi) is 6.12. The highest BCUT2D eigenvalue weighted by Gasteiger charge is 2.30. The Hall–Kier alpha value is -1.42. The maximum absolute atomic E-state index is 12.5. The van der Waals surface area contributed by atoms with Crippen LogP contribution in [0.5, 0.6) is 5.75 Å². The number of methoxy groups -OCH3 is 1. The maximum Gasteiger partial charge on any atom is 0.312 e. The minimum atomic E-state index is -3.74. The molecule has 1 saturated heterocycles. The molecule has 0 bridgehead atoms. The summed E-state index contributed by atoms with van der Waals surface area (Å²) in [5, 5.41) is 14.1. The molecule has 0 saturated carbocycles. The lowest BCUT2D eigenvalue weighted by atomic mass is 10.3. The summed E-state index contributed by atoms with van der Waals surface area (Å²) in [7, 11) is -2.44. The van der Waals surface area contributed by atoms with Crippen molar-refractivity contribution in [3.8, 4) is 5.75 Å². The molecule has 0 radical (unpaired) electrons. The zero-order valence-corrected chi connectivity index (χ0v) is 13.8. The summed E-state index contributed by atoms with van der Waals surface area (Å²) in [6, 6.07) is 3.72. The Bertz CT molecular complexity index is 652. The van der Waals surface area contributed by atoms with E-state index in [4.69, 9.17) is 4.74 Å². The maximum atomic E-state index is 12.5. The number of halogens is 1. The van der Waals surface area contributed by atoms with Crippen molar-refractivity contribution < 1.29 is 18.1 Å². The van der Waals surface area contributed by atoms with E-state index >= 15 is 0 Å². The normalized spacial score (nSPS) is 19.3. The number of benzene rings is 1.